The molecule has 0 heterocycles. The molecule has 5 heteroatoms. The lowest BCUT2D eigenvalue weighted by Gasteiger charge is -2.27. The normalized spacial score (nSPS) is 23.3. The molecular formula is C14H25NO4. The first-order chi connectivity index (χ1) is 9.02. The summed E-state index contributed by atoms with van der Waals surface area (Å²) in [5.41, 5.74) is 0. The van der Waals surface area contributed by atoms with E-state index in [-0.39, 0.29) is 11.8 Å². The van der Waals surface area contributed by atoms with Crippen LogP contribution in [0.25, 0.3) is 0 Å². The summed E-state index contributed by atoms with van der Waals surface area (Å²) in [6.45, 7) is 5.75. The van der Waals surface area contributed by atoms with Gasteiger partial charge in [0.15, 0.2) is 0 Å². The molecule has 2 atom stereocenters. The smallest absolute Gasteiger partial charge is 0.307 e. The van der Waals surface area contributed by atoms with Gasteiger partial charge in [0.05, 0.1) is 18.4 Å². The zero-order chi connectivity index (χ0) is 14.3. The van der Waals surface area contributed by atoms with Crippen LogP contribution in [-0.4, -0.2) is 36.7 Å². The van der Waals surface area contributed by atoms with Crippen molar-refractivity contribution in [1.29, 1.82) is 0 Å². The van der Waals surface area contributed by atoms with E-state index in [2.05, 4.69) is 19.2 Å². The molecule has 0 aromatic rings. The Balaban J connectivity index is 2.29. The number of rotatable bonds is 7. The van der Waals surface area contributed by atoms with Crippen LogP contribution in [0.5, 0.6) is 0 Å². The maximum Gasteiger partial charge on any atom is 0.307 e. The van der Waals surface area contributed by atoms with Crippen LogP contribution >= 0.6 is 0 Å². The molecule has 0 aromatic carbocycles. The van der Waals surface area contributed by atoms with E-state index in [0.29, 0.717) is 38.5 Å². The molecule has 1 aliphatic rings. The minimum Gasteiger partial charge on any atom is -0.481 e. The first kappa shape index (κ1) is 16.0. The highest BCUT2D eigenvalue weighted by Crippen LogP contribution is 2.30. The van der Waals surface area contributed by atoms with Crippen LogP contribution in [0.4, 0.5) is 0 Å². The molecule has 1 saturated carbocycles. The molecule has 0 spiro atoms. The van der Waals surface area contributed by atoms with E-state index >= 15 is 0 Å². The summed E-state index contributed by atoms with van der Waals surface area (Å²) in [7, 11) is 0. The summed E-state index contributed by atoms with van der Waals surface area (Å²) in [6.07, 6.45) is 3.12. The Bertz CT molecular complexity index is 304. The van der Waals surface area contributed by atoms with Crippen molar-refractivity contribution in [2.45, 2.75) is 39.5 Å². The van der Waals surface area contributed by atoms with Crippen LogP contribution in [0.15, 0.2) is 0 Å². The van der Waals surface area contributed by atoms with Crippen molar-refractivity contribution in [3.8, 4) is 0 Å². The van der Waals surface area contributed by atoms with Crippen LogP contribution in [0.1, 0.15) is 39.5 Å². The Morgan fingerprint density at radius 2 is 1.89 bits per heavy atom. The van der Waals surface area contributed by atoms with E-state index in [1.54, 1.807) is 0 Å². The van der Waals surface area contributed by atoms with Gasteiger partial charge in [-0.2, -0.15) is 0 Å². The van der Waals surface area contributed by atoms with Gasteiger partial charge in [-0.1, -0.05) is 26.7 Å². The molecule has 1 fully saturated rings. The van der Waals surface area contributed by atoms with Crippen molar-refractivity contribution in [3.63, 3.8) is 0 Å². The summed E-state index contributed by atoms with van der Waals surface area (Å²) < 4.78 is 5.38. The Morgan fingerprint density at radius 1 is 1.26 bits per heavy atom. The third-order valence-corrected chi connectivity index (χ3v) is 3.42. The molecule has 0 radical (unpaired) electrons. The number of amides is 1. The lowest BCUT2D eigenvalue weighted by atomic mass is 9.79. The molecule has 19 heavy (non-hydrogen) atoms. The zero-order valence-corrected chi connectivity index (χ0v) is 11.9. The zero-order valence-electron chi connectivity index (χ0n) is 11.9. The van der Waals surface area contributed by atoms with Crippen molar-refractivity contribution in [2.75, 3.05) is 19.8 Å². The number of nitrogens with one attached hydrogen (secondary N) is 1. The Hall–Kier alpha value is -1.10. The van der Waals surface area contributed by atoms with Gasteiger partial charge in [0, 0.05) is 13.2 Å². The number of ether oxygens (including phenoxy) is 1. The maximum atomic E-state index is 12.0. The molecular weight excluding hydrogens is 246 g/mol. The van der Waals surface area contributed by atoms with Gasteiger partial charge in [-0.3, -0.25) is 9.59 Å². The van der Waals surface area contributed by atoms with E-state index in [0.717, 1.165) is 12.8 Å². The van der Waals surface area contributed by atoms with Crippen LogP contribution in [0, 0.1) is 17.8 Å². The van der Waals surface area contributed by atoms with Crippen molar-refractivity contribution >= 4 is 11.9 Å². The number of carboxylic acids is 1. The molecule has 0 aliphatic heterocycles. The second kappa shape index (κ2) is 8.15. The first-order valence-electron chi connectivity index (χ1n) is 7.10. The van der Waals surface area contributed by atoms with Gasteiger partial charge in [-0.25, -0.2) is 0 Å². The number of hydrogen-bond donors (Lipinski definition) is 2. The molecule has 1 amide bonds. The third kappa shape index (κ3) is 5.59. The van der Waals surface area contributed by atoms with Crippen molar-refractivity contribution < 1.29 is 19.4 Å². The average molecular weight is 271 g/mol. The first-order valence-corrected chi connectivity index (χ1v) is 7.10. The molecule has 0 unspecified atom stereocenters. The van der Waals surface area contributed by atoms with Gasteiger partial charge in [0.2, 0.25) is 5.91 Å². The van der Waals surface area contributed by atoms with E-state index in [9.17, 15) is 9.59 Å². The molecule has 0 saturated heterocycles. The standard InChI is InChI=1S/C14H25NO4/c1-10(2)9-19-8-7-15-13(16)11-5-3-4-6-12(11)14(17)18/h10-12H,3-9H2,1-2H3,(H,15,16)(H,17,18)/t11-,12+/m1/s1. The lowest BCUT2D eigenvalue weighted by Crippen LogP contribution is -2.40. The highest BCUT2D eigenvalue weighted by atomic mass is 16.5. The number of carboxylic acid groups (broad SMARTS) is 1. The van der Waals surface area contributed by atoms with E-state index in [1.165, 1.54) is 0 Å². The van der Waals surface area contributed by atoms with Gasteiger partial charge in [-0.05, 0) is 18.8 Å². The molecule has 110 valence electrons. The van der Waals surface area contributed by atoms with Crippen LogP contribution in [0.3, 0.4) is 0 Å². The predicted molar refractivity (Wildman–Crippen MR) is 71.8 cm³/mol. The van der Waals surface area contributed by atoms with Crippen molar-refractivity contribution in [2.24, 2.45) is 17.8 Å². The Kier molecular flexibility index (Phi) is 6.84. The Labute approximate surface area is 114 Å². The monoisotopic (exact) mass is 271 g/mol. The molecule has 1 aliphatic carbocycles. The summed E-state index contributed by atoms with van der Waals surface area (Å²) >= 11 is 0. The molecule has 1 rings (SSSR count). The van der Waals surface area contributed by atoms with Gasteiger partial charge in [0.25, 0.3) is 0 Å². The number of aliphatic carboxylic acids is 1. The fraction of sp³-hybridized carbons (Fsp3) is 0.857. The summed E-state index contributed by atoms with van der Waals surface area (Å²) in [4.78, 5) is 23.1. The Morgan fingerprint density at radius 3 is 2.47 bits per heavy atom. The van der Waals surface area contributed by atoms with E-state index in [1.807, 2.05) is 0 Å². The van der Waals surface area contributed by atoms with E-state index < -0.39 is 11.9 Å². The number of carbonyl (C=O) groups excluding carboxylic acids is 1. The fourth-order valence-electron chi connectivity index (χ4n) is 2.44. The molecule has 5 nitrogen and oxygen atoms in total. The second-order valence-corrected chi connectivity index (χ2v) is 5.60. The number of carbonyl (C=O) groups is 2. The topological polar surface area (TPSA) is 75.6 Å². The van der Waals surface area contributed by atoms with Gasteiger partial charge in [-0.15, -0.1) is 0 Å². The summed E-state index contributed by atoms with van der Waals surface area (Å²) in [6, 6.07) is 0. The molecule has 2 N–H and O–H groups in total. The van der Waals surface area contributed by atoms with Crippen molar-refractivity contribution in [3.05, 3.63) is 0 Å². The average Bonchev–Trinajstić information content (AvgIpc) is 2.37. The minimum absolute atomic E-state index is 0.139. The predicted octanol–water partition coefficient (Wildman–Crippen LogP) is 1.67. The summed E-state index contributed by atoms with van der Waals surface area (Å²) in [5, 5.41) is 11.9. The van der Waals surface area contributed by atoms with Crippen molar-refractivity contribution in [1.82, 2.24) is 5.32 Å². The highest BCUT2D eigenvalue weighted by molar-refractivity contribution is 5.84. The van der Waals surface area contributed by atoms with Crippen LogP contribution in [-0.2, 0) is 14.3 Å². The second-order valence-electron chi connectivity index (χ2n) is 5.60. The number of hydrogen-bond acceptors (Lipinski definition) is 3. The molecule has 0 aromatic heterocycles. The maximum absolute atomic E-state index is 12.0. The quantitative estimate of drug-likeness (QED) is 0.691. The summed E-state index contributed by atoms with van der Waals surface area (Å²) in [5.74, 6) is -1.41. The van der Waals surface area contributed by atoms with Gasteiger partial charge < -0.3 is 15.2 Å². The van der Waals surface area contributed by atoms with Crippen LogP contribution in [0.2, 0.25) is 0 Å². The lowest BCUT2D eigenvalue weighted by molar-refractivity contribution is -0.148. The van der Waals surface area contributed by atoms with E-state index in [4.69, 9.17) is 9.84 Å². The third-order valence-electron chi connectivity index (χ3n) is 3.42. The largest absolute Gasteiger partial charge is 0.481 e. The molecule has 0 bridgehead atoms. The SMILES string of the molecule is CC(C)COCCNC(=O)[C@@H]1CCCC[C@@H]1C(=O)O. The fourth-order valence-corrected chi connectivity index (χ4v) is 2.44. The van der Waals surface area contributed by atoms with Gasteiger partial charge in [0.1, 0.15) is 0 Å². The van der Waals surface area contributed by atoms with Gasteiger partial charge >= 0.3 is 5.97 Å². The minimum atomic E-state index is -0.851. The highest BCUT2D eigenvalue weighted by Gasteiger charge is 2.35. The van der Waals surface area contributed by atoms with Crippen LogP contribution < -0.4 is 5.32 Å².